The van der Waals surface area contributed by atoms with Crippen LogP contribution in [0.1, 0.15) is 18.5 Å². The highest BCUT2D eigenvalue weighted by atomic mass is 79.9. The summed E-state index contributed by atoms with van der Waals surface area (Å²) in [6, 6.07) is 3.70. The number of allylic oxidation sites excluding steroid dienone is 2. The lowest BCUT2D eigenvalue weighted by Crippen LogP contribution is -2.21. The van der Waals surface area contributed by atoms with E-state index in [0.29, 0.717) is 5.82 Å². The topological polar surface area (TPSA) is 42.0 Å². The van der Waals surface area contributed by atoms with E-state index in [0.717, 1.165) is 23.0 Å². The summed E-state index contributed by atoms with van der Waals surface area (Å²) >= 11 is 3.38. The van der Waals surface area contributed by atoms with Crippen LogP contribution in [0, 0.1) is 12.8 Å². The van der Waals surface area contributed by atoms with Crippen LogP contribution in [0.4, 0.5) is 5.82 Å². The number of anilines is 1. The number of rotatable bonds is 2. The van der Waals surface area contributed by atoms with Crippen LogP contribution < -0.4 is 5.32 Å². The SMILES string of the molecule is Cc1nc(NC(=O)C2CC=CC2)ccc1Br. The molecule has 1 N–H and O–H groups in total. The molecule has 0 saturated carbocycles. The third-order valence-corrected chi connectivity index (χ3v) is 3.49. The normalized spacial score (nSPS) is 15.4. The van der Waals surface area contributed by atoms with Gasteiger partial charge in [-0.2, -0.15) is 0 Å². The number of carbonyl (C=O) groups is 1. The summed E-state index contributed by atoms with van der Waals surface area (Å²) in [6.07, 6.45) is 5.76. The molecule has 1 aromatic rings. The van der Waals surface area contributed by atoms with Gasteiger partial charge < -0.3 is 5.32 Å². The van der Waals surface area contributed by atoms with Crippen LogP contribution in [-0.4, -0.2) is 10.9 Å². The number of nitrogens with one attached hydrogen (secondary N) is 1. The standard InChI is InChI=1S/C12H13BrN2O/c1-8-10(13)6-7-11(14-8)15-12(16)9-4-2-3-5-9/h2-3,6-7,9H,4-5H2,1H3,(H,14,15,16). The van der Waals surface area contributed by atoms with Gasteiger partial charge >= 0.3 is 0 Å². The van der Waals surface area contributed by atoms with Crippen LogP contribution in [0.3, 0.4) is 0 Å². The molecular weight excluding hydrogens is 268 g/mol. The zero-order chi connectivity index (χ0) is 11.5. The van der Waals surface area contributed by atoms with Crippen molar-refractivity contribution >= 4 is 27.7 Å². The summed E-state index contributed by atoms with van der Waals surface area (Å²) in [7, 11) is 0. The number of carbonyl (C=O) groups excluding carboxylic acids is 1. The molecule has 0 spiro atoms. The molecule has 4 heteroatoms. The Kier molecular flexibility index (Phi) is 3.39. The molecule has 1 amide bonds. The molecule has 0 unspecified atom stereocenters. The first-order valence-corrected chi connectivity index (χ1v) is 6.05. The van der Waals surface area contributed by atoms with E-state index in [9.17, 15) is 4.79 Å². The summed E-state index contributed by atoms with van der Waals surface area (Å²) in [5.74, 6) is 0.752. The fraction of sp³-hybridized carbons (Fsp3) is 0.333. The lowest BCUT2D eigenvalue weighted by Gasteiger charge is -2.10. The van der Waals surface area contributed by atoms with E-state index in [4.69, 9.17) is 0 Å². The summed E-state index contributed by atoms with van der Waals surface area (Å²) in [4.78, 5) is 16.1. The molecule has 0 atom stereocenters. The molecule has 0 aromatic carbocycles. The van der Waals surface area contributed by atoms with Crippen molar-refractivity contribution in [2.45, 2.75) is 19.8 Å². The van der Waals surface area contributed by atoms with Crippen molar-refractivity contribution in [2.75, 3.05) is 5.32 Å². The van der Waals surface area contributed by atoms with Gasteiger partial charge in [-0.15, -0.1) is 0 Å². The van der Waals surface area contributed by atoms with Gasteiger partial charge in [0.1, 0.15) is 5.82 Å². The van der Waals surface area contributed by atoms with E-state index in [-0.39, 0.29) is 11.8 Å². The molecular formula is C12H13BrN2O. The Labute approximate surface area is 103 Å². The maximum absolute atomic E-state index is 11.8. The number of hydrogen-bond acceptors (Lipinski definition) is 2. The van der Waals surface area contributed by atoms with Gasteiger partial charge in [0.15, 0.2) is 0 Å². The Hall–Kier alpha value is -1.16. The Morgan fingerprint density at radius 1 is 1.44 bits per heavy atom. The molecule has 0 aliphatic heterocycles. The molecule has 1 aliphatic rings. The quantitative estimate of drug-likeness (QED) is 0.846. The van der Waals surface area contributed by atoms with E-state index in [2.05, 4.69) is 26.2 Å². The Morgan fingerprint density at radius 3 is 2.75 bits per heavy atom. The number of aryl methyl sites for hydroxylation is 1. The third kappa shape index (κ3) is 2.50. The average molecular weight is 281 g/mol. The maximum Gasteiger partial charge on any atom is 0.229 e. The smallest absolute Gasteiger partial charge is 0.229 e. The molecule has 1 aromatic heterocycles. The van der Waals surface area contributed by atoms with Crippen molar-refractivity contribution in [3.05, 3.63) is 34.5 Å². The first-order chi connectivity index (χ1) is 7.66. The molecule has 0 radical (unpaired) electrons. The minimum Gasteiger partial charge on any atom is -0.310 e. The Balaban J connectivity index is 2.03. The van der Waals surface area contributed by atoms with E-state index in [1.54, 1.807) is 6.07 Å². The fourth-order valence-corrected chi connectivity index (χ4v) is 1.89. The zero-order valence-electron chi connectivity index (χ0n) is 9.03. The monoisotopic (exact) mass is 280 g/mol. The van der Waals surface area contributed by atoms with Gasteiger partial charge in [0.05, 0.1) is 5.69 Å². The van der Waals surface area contributed by atoms with E-state index in [1.807, 2.05) is 25.1 Å². The molecule has 3 nitrogen and oxygen atoms in total. The van der Waals surface area contributed by atoms with E-state index < -0.39 is 0 Å². The van der Waals surface area contributed by atoms with Crippen molar-refractivity contribution in [1.29, 1.82) is 0 Å². The van der Waals surface area contributed by atoms with Crippen LogP contribution >= 0.6 is 15.9 Å². The summed E-state index contributed by atoms with van der Waals surface area (Å²) in [5, 5.41) is 2.84. The van der Waals surface area contributed by atoms with Crippen molar-refractivity contribution in [3.8, 4) is 0 Å². The lowest BCUT2D eigenvalue weighted by atomic mass is 10.1. The summed E-state index contributed by atoms with van der Waals surface area (Å²) in [6.45, 7) is 1.90. The minimum atomic E-state index is 0.0548. The Morgan fingerprint density at radius 2 is 2.12 bits per heavy atom. The summed E-state index contributed by atoms with van der Waals surface area (Å²) < 4.78 is 0.952. The predicted octanol–water partition coefficient (Wildman–Crippen LogP) is 3.06. The number of nitrogens with zero attached hydrogens (tertiary/aromatic N) is 1. The van der Waals surface area contributed by atoms with Crippen LogP contribution in [0.25, 0.3) is 0 Å². The number of halogens is 1. The lowest BCUT2D eigenvalue weighted by molar-refractivity contribution is -0.119. The van der Waals surface area contributed by atoms with Crippen molar-refractivity contribution in [2.24, 2.45) is 5.92 Å². The highest BCUT2D eigenvalue weighted by Gasteiger charge is 2.19. The van der Waals surface area contributed by atoms with Gasteiger partial charge in [-0.05, 0) is 47.8 Å². The van der Waals surface area contributed by atoms with Crippen molar-refractivity contribution in [1.82, 2.24) is 4.98 Å². The van der Waals surface area contributed by atoms with Gasteiger partial charge in [0.2, 0.25) is 5.91 Å². The number of aromatic nitrogens is 1. The zero-order valence-corrected chi connectivity index (χ0v) is 10.6. The van der Waals surface area contributed by atoms with E-state index in [1.165, 1.54) is 0 Å². The first kappa shape index (κ1) is 11.3. The highest BCUT2D eigenvalue weighted by Crippen LogP contribution is 2.21. The highest BCUT2D eigenvalue weighted by molar-refractivity contribution is 9.10. The molecule has 16 heavy (non-hydrogen) atoms. The molecule has 0 bridgehead atoms. The van der Waals surface area contributed by atoms with Crippen LogP contribution in [0.2, 0.25) is 0 Å². The van der Waals surface area contributed by atoms with Crippen LogP contribution in [-0.2, 0) is 4.79 Å². The minimum absolute atomic E-state index is 0.0548. The fourth-order valence-electron chi connectivity index (χ4n) is 1.67. The van der Waals surface area contributed by atoms with Gasteiger partial charge in [-0.25, -0.2) is 4.98 Å². The number of pyridine rings is 1. The molecule has 1 heterocycles. The molecule has 1 aliphatic carbocycles. The molecule has 2 rings (SSSR count). The summed E-state index contributed by atoms with van der Waals surface area (Å²) in [5.41, 5.74) is 0.877. The van der Waals surface area contributed by atoms with Crippen LogP contribution in [0.5, 0.6) is 0 Å². The largest absolute Gasteiger partial charge is 0.310 e. The van der Waals surface area contributed by atoms with Crippen LogP contribution in [0.15, 0.2) is 28.8 Å². The third-order valence-electron chi connectivity index (χ3n) is 2.65. The van der Waals surface area contributed by atoms with Gasteiger partial charge in [0.25, 0.3) is 0 Å². The van der Waals surface area contributed by atoms with Gasteiger partial charge in [-0.3, -0.25) is 4.79 Å². The molecule has 84 valence electrons. The Bertz CT molecular complexity index is 435. The second-order valence-electron chi connectivity index (χ2n) is 3.89. The molecule has 0 fully saturated rings. The van der Waals surface area contributed by atoms with E-state index >= 15 is 0 Å². The predicted molar refractivity (Wildman–Crippen MR) is 67.2 cm³/mol. The number of amides is 1. The second kappa shape index (κ2) is 4.78. The number of hydrogen-bond donors (Lipinski definition) is 1. The van der Waals surface area contributed by atoms with Crippen molar-refractivity contribution < 1.29 is 4.79 Å². The van der Waals surface area contributed by atoms with Crippen molar-refractivity contribution in [3.63, 3.8) is 0 Å². The van der Waals surface area contributed by atoms with Gasteiger partial charge in [0, 0.05) is 10.4 Å². The van der Waals surface area contributed by atoms with Gasteiger partial charge in [-0.1, -0.05) is 12.2 Å². The first-order valence-electron chi connectivity index (χ1n) is 5.26. The maximum atomic E-state index is 11.8. The second-order valence-corrected chi connectivity index (χ2v) is 4.75. The average Bonchev–Trinajstić information content (AvgIpc) is 2.77. The molecule has 0 saturated heterocycles.